The zero-order valence-electron chi connectivity index (χ0n) is 27.3. The molecule has 0 aromatic heterocycles. The maximum absolute atomic E-state index is 12.7. The van der Waals surface area contributed by atoms with Gasteiger partial charge >= 0.3 is 5.97 Å². The molecule has 3 aromatic carbocycles. The second-order valence-electron chi connectivity index (χ2n) is 13.4. The fraction of sp³-hybridized carbons (Fsp3) is 0.500. The molecule has 1 saturated heterocycles. The van der Waals surface area contributed by atoms with Crippen LogP contribution in [0.25, 0.3) is 0 Å². The van der Waals surface area contributed by atoms with Crippen molar-refractivity contribution in [3.63, 3.8) is 0 Å². The molecule has 3 aromatic rings. The van der Waals surface area contributed by atoms with Gasteiger partial charge in [0.1, 0.15) is 23.2 Å². The Morgan fingerprint density at radius 1 is 0.705 bits per heavy atom. The number of hydrogen-bond donors (Lipinski definition) is 1. The van der Waals surface area contributed by atoms with Gasteiger partial charge in [0.05, 0.1) is 24.2 Å². The summed E-state index contributed by atoms with van der Waals surface area (Å²) >= 11 is 0. The topological polar surface area (TPSA) is 49.8 Å². The molecule has 1 N–H and O–H groups in total. The standard InChI is InChI=1S/C38H53NO3P.BrH/c1-37(2)31-35(38(3,4)39(37)41)36(40)42-29-21-10-8-6-5-7-9-11-22-30-43(32-23-15-12-16-24-32,33-25-17-13-18-26-33)34-27-19-14-20-28-34;/h12-20,23-28,35,41H,5-11,21-22,29-31H2,1-4H3;1H/q+1;/p-1. The van der Waals surface area contributed by atoms with E-state index in [-0.39, 0.29) is 28.9 Å². The lowest BCUT2D eigenvalue weighted by Crippen LogP contribution is -3.00. The molecule has 0 bridgehead atoms. The van der Waals surface area contributed by atoms with Crippen molar-refractivity contribution in [1.29, 1.82) is 0 Å². The van der Waals surface area contributed by atoms with Crippen LogP contribution in [0.1, 0.15) is 91.9 Å². The van der Waals surface area contributed by atoms with Crippen molar-refractivity contribution < 1.29 is 31.7 Å². The number of nitrogens with zero attached hydrogens (tertiary/aromatic N) is 1. The van der Waals surface area contributed by atoms with E-state index in [4.69, 9.17) is 4.74 Å². The molecule has 4 rings (SSSR count). The van der Waals surface area contributed by atoms with Crippen molar-refractivity contribution in [2.24, 2.45) is 5.92 Å². The van der Waals surface area contributed by atoms with Gasteiger partial charge in [-0.3, -0.25) is 4.79 Å². The van der Waals surface area contributed by atoms with Crippen LogP contribution in [0.15, 0.2) is 91.0 Å². The van der Waals surface area contributed by atoms with E-state index in [0.29, 0.717) is 13.0 Å². The fourth-order valence-corrected chi connectivity index (χ4v) is 11.4. The molecule has 0 aliphatic carbocycles. The van der Waals surface area contributed by atoms with Crippen molar-refractivity contribution in [3.8, 4) is 0 Å². The van der Waals surface area contributed by atoms with Crippen LogP contribution in [0.5, 0.6) is 0 Å². The van der Waals surface area contributed by atoms with Crippen molar-refractivity contribution in [1.82, 2.24) is 5.06 Å². The first kappa shape index (κ1) is 36.4. The van der Waals surface area contributed by atoms with Gasteiger partial charge in [-0.15, -0.1) is 0 Å². The lowest BCUT2D eigenvalue weighted by Gasteiger charge is -2.35. The summed E-state index contributed by atoms with van der Waals surface area (Å²) in [5.74, 6) is -0.472. The van der Waals surface area contributed by atoms with Crippen LogP contribution in [-0.4, -0.2) is 40.1 Å². The molecule has 44 heavy (non-hydrogen) atoms. The van der Waals surface area contributed by atoms with E-state index in [2.05, 4.69) is 91.0 Å². The van der Waals surface area contributed by atoms with Crippen LogP contribution in [0.4, 0.5) is 0 Å². The van der Waals surface area contributed by atoms with Gasteiger partial charge in [-0.05, 0) is 89.8 Å². The van der Waals surface area contributed by atoms with E-state index in [1.54, 1.807) is 0 Å². The highest BCUT2D eigenvalue weighted by atomic mass is 79.9. The zero-order valence-corrected chi connectivity index (χ0v) is 29.7. The second-order valence-corrected chi connectivity index (χ2v) is 17.0. The molecule has 1 atom stereocenters. The molecule has 0 radical (unpaired) electrons. The van der Waals surface area contributed by atoms with Gasteiger partial charge in [0.2, 0.25) is 0 Å². The molecule has 1 unspecified atom stereocenters. The van der Waals surface area contributed by atoms with Crippen LogP contribution >= 0.6 is 7.26 Å². The smallest absolute Gasteiger partial charge is 0.310 e. The molecule has 1 aliphatic rings. The van der Waals surface area contributed by atoms with Crippen LogP contribution < -0.4 is 32.9 Å². The second kappa shape index (κ2) is 17.0. The maximum atomic E-state index is 12.7. The van der Waals surface area contributed by atoms with Gasteiger partial charge in [0.25, 0.3) is 0 Å². The minimum Gasteiger partial charge on any atom is -1.00 e. The number of benzene rings is 3. The van der Waals surface area contributed by atoms with E-state index < -0.39 is 18.3 Å². The summed E-state index contributed by atoms with van der Waals surface area (Å²) in [6, 6.07) is 33.6. The van der Waals surface area contributed by atoms with Gasteiger partial charge in [-0.2, -0.15) is 5.06 Å². The summed E-state index contributed by atoms with van der Waals surface area (Å²) in [5.41, 5.74) is -1.02. The molecular formula is C38H53BrNO3P. The number of carbonyl (C=O) groups excluding carboxylic acids is 1. The third-order valence-electron chi connectivity index (χ3n) is 9.43. The lowest BCUT2D eigenvalue weighted by molar-refractivity contribution is -0.200. The Hall–Kier alpha value is -2.04. The molecule has 1 fully saturated rings. The zero-order chi connectivity index (χ0) is 30.8. The largest absolute Gasteiger partial charge is 1.00 e. The van der Waals surface area contributed by atoms with E-state index in [0.717, 1.165) is 12.8 Å². The average molecular weight is 683 g/mol. The minimum atomic E-state index is -1.71. The molecular weight excluding hydrogens is 629 g/mol. The third kappa shape index (κ3) is 8.81. The summed E-state index contributed by atoms with van der Waals surface area (Å²) in [5, 5.41) is 16.2. The first-order chi connectivity index (χ1) is 20.7. The van der Waals surface area contributed by atoms with Crippen LogP contribution in [0, 0.1) is 5.92 Å². The molecule has 0 saturated carbocycles. The molecule has 6 heteroatoms. The van der Waals surface area contributed by atoms with Crippen LogP contribution in [0.2, 0.25) is 0 Å². The summed E-state index contributed by atoms with van der Waals surface area (Å²) in [6.45, 7) is 8.25. The first-order valence-electron chi connectivity index (χ1n) is 16.4. The van der Waals surface area contributed by atoms with Crippen molar-refractivity contribution >= 4 is 29.1 Å². The van der Waals surface area contributed by atoms with E-state index in [9.17, 15) is 10.0 Å². The quantitative estimate of drug-likeness (QED) is 0.127. The predicted octanol–water partition coefficient (Wildman–Crippen LogP) is 5.31. The van der Waals surface area contributed by atoms with E-state index >= 15 is 0 Å². The Kier molecular flexibility index (Phi) is 14.1. The minimum absolute atomic E-state index is 0. The fourth-order valence-electron chi connectivity index (χ4n) is 6.98. The van der Waals surface area contributed by atoms with Gasteiger partial charge in [-0.1, -0.05) is 93.1 Å². The van der Waals surface area contributed by atoms with Gasteiger partial charge in [-0.25, -0.2) is 0 Å². The lowest BCUT2D eigenvalue weighted by atomic mass is 9.87. The van der Waals surface area contributed by atoms with Crippen molar-refractivity contribution in [3.05, 3.63) is 91.0 Å². The number of hydrogen-bond acceptors (Lipinski definition) is 4. The van der Waals surface area contributed by atoms with E-state index in [1.807, 2.05) is 27.7 Å². The number of hydroxylamine groups is 2. The third-order valence-corrected chi connectivity index (χ3v) is 14.0. The summed E-state index contributed by atoms with van der Waals surface area (Å²) in [7, 11) is -1.71. The molecule has 0 spiro atoms. The monoisotopic (exact) mass is 681 g/mol. The summed E-state index contributed by atoms with van der Waals surface area (Å²) < 4.78 is 5.62. The normalized spacial score (nSPS) is 17.6. The Morgan fingerprint density at radius 3 is 1.48 bits per heavy atom. The Labute approximate surface area is 277 Å². The van der Waals surface area contributed by atoms with Crippen molar-refractivity contribution in [2.45, 2.75) is 103 Å². The first-order valence-corrected chi connectivity index (χ1v) is 18.4. The van der Waals surface area contributed by atoms with Crippen molar-refractivity contribution in [2.75, 3.05) is 12.8 Å². The molecule has 4 nitrogen and oxygen atoms in total. The number of ether oxygens (including phenoxy) is 1. The highest BCUT2D eigenvalue weighted by Gasteiger charge is 2.54. The molecule has 240 valence electrons. The molecule has 1 heterocycles. The SMILES string of the molecule is CC1(C)CC(C(=O)OCCCCCCCCCCC[P+](c2ccccc2)(c2ccccc2)c2ccccc2)C(C)(C)N1O.[Br-]. The number of unbranched alkanes of at least 4 members (excludes halogenated alkanes) is 8. The Bertz CT molecular complexity index is 1160. The van der Waals surface area contributed by atoms with E-state index in [1.165, 1.54) is 72.1 Å². The predicted molar refractivity (Wildman–Crippen MR) is 182 cm³/mol. The maximum Gasteiger partial charge on any atom is 0.310 e. The Morgan fingerprint density at radius 2 is 1.09 bits per heavy atom. The van der Waals surface area contributed by atoms with Gasteiger partial charge in [0, 0.05) is 5.54 Å². The highest BCUT2D eigenvalue weighted by Crippen LogP contribution is 2.56. The van der Waals surface area contributed by atoms with Crippen LogP contribution in [-0.2, 0) is 9.53 Å². The number of halogens is 1. The van der Waals surface area contributed by atoms with Gasteiger partial charge in [0.15, 0.2) is 0 Å². The number of esters is 1. The number of carbonyl (C=O) groups is 1. The number of rotatable bonds is 16. The Balaban J connectivity index is 0.00000529. The van der Waals surface area contributed by atoms with Gasteiger partial charge < -0.3 is 26.9 Å². The molecule has 1 aliphatic heterocycles. The molecule has 0 amide bonds. The summed E-state index contributed by atoms with van der Waals surface area (Å²) in [6.07, 6.45) is 12.6. The van der Waals surface area contributed by atoms with Crippen LogP contribution in [0.3, 0.4) is 0 Å². The average Bonchev–Trinajstić information content (AvgIpc) is 3.19. The summed E-state index contributed by atoms with van der Waals surface area (Å²) in [4.78, 5) is 12.7. The highest BCUT2D eigenvalue weighted by molar-refractivity contribution is 7.95.